The molecule has 378 valence electrons. The molecule has 0 fully saturated rings. The van der Waals surface area contributed by atoms with Gasteiger partial charge in [0.2, 0.25) is 0 Å². The minimum Gasteiger partial charge on any atom is -0.462 e. The first kappa shape index (κ1) is 62.6. The van der Waals surface area contributed by atoms with Gasteiger partial charge in [0.05, 0.1) is 0 Å². The maximum atomic E-state index is 12.8. The van der Waals surface area contributed by atoms with Gasteiger partial charge in [0, 0.05) is 19.3 Å². The van der Waals surface area contributed by atoms with E-state index in [4.69, 9.17) is 14.2 Å². The first-order valence-electron chi connectivity index (χ1n) is 27.6. The third-order valence-electron chi connectivity index (χ3n) is 11.6. The highest BCUT2D eigenvalue weighted by Gasteiger charge is 2.19. The lowest BCUT2D eigenvalue weighted by Gasteiger charge is -2.18. The van der Waals surface area contributed by atoms with E-state index in [1.165, 1.54) is 128 Å². The van der Waals surface area contributed by atoms with E-state index in [2.05, 4.69) is 93.7 Å². The average molecular weight is 919 g/mol. The van der Waals surface area contributed by atoms with Crippen LogP contribution in [0.5, 0.6) is 0 Å². The van der Waals surface area contributed by atoms with Crippen molar-refractivity contribution in [3.63, 3.8) is 0 Å². The van der Waals surface area contributed by atoms with Gasteiger partial charge in [0.15, 0.2) is 6.10 Å². The second-order valence-electron chi connectivity index (χ2n) is 18.1. The van der Waals surface area contributed by atoms with Crippen molar-refractivity contribution in [2.24, 2.45) is 0 Å². The van der Waals surface area contributed by atoms with Crippen molar-refractivity contribution in [2.75, 3.05) is 13.2 Å². The topological polar surface area (TPSA) is 78.9 Å². The SMILES string of the molecule is CC/C=C\C/C=C\C/C=C\C/C=C\CCC(=O)OC(COC(=O)CCCCCCCCCC/C=C\C/C=C\C/C=C\CCCCCCC)COC(=O)CCCCCCCCCCCCCC. The van der Waals surface area contributed by atoms with Crippen molar-refractivity contribution in [3.05, 3.63) is 85.1 Å². The highest BCUT2D eigenvalue weighted by atomic mass is 16.6. The lowest BCUT2D eigenvalue weighted by Crippen LogP contribution is -2.30. The van der Waals surface area contributed by atoms with Crippen molar-refractivity contribution < 1.29 is 28.6 Å². The summed E-state index contributed by atoms with van der Waals surface area (Å²) in [5.74, 6) is -0.994. The molecule has 6 nitrogen and oxygen atoms in total. The summed E-state index contributed by atoms with van der Waals surface area (Å²) in [5, 5.41) is 0. The van der Waals surface area contributed by atoms with Gasteiger partial charge in [0.1, 0.15) is 13.2 Å². The standard InChI is InChI=1S/C60H102O6/c1-4-7-10-13-16-19-22-25-26-27-28-29-30-31-32-33-34-36-38-41-44-47-50-53-59(62)65-56-57(55-64-58(61)52-49-46-43-40-37-24-21-18-15-12-9-6-3)66-60(63)54-51-48-45-42-39-35-23-20-17-14-11-8-5-2/h8,11,17,20,22,25,27-28,30-31,35,39,45,48,57H,4-7,9-10,12-16,18-19,21,23-24,26,29,32-34,36-38,40-44,46-47,49-56H2,1-3H3/b11-8-,20-17-,25-22-,28-27-,31-30-,39-35-,48-45-. The van der Waals surface area contributed by atoms with Crippen molar-refractivity contribution in [1.82, 2.24) is 0 Å². The fourth-order valence-corrected chi connectivity index (χ4v) is 7.52. The number of carbonyl (C=O) groups excluding carboxylic acids is 3. The second kappa shape index (κ2) is 54.2. The molecule has 0 saturated carbocycles. The highest BCUT2D eigenvalue weighted by molar-refractivity contribution is 5.71. The fraction of sp³-hybridized carbons (Fsp3) is 0.717. The monoisotopic (exact) mass is 919 g/mol. The maximum Gasteiger partial charge on any atom is 0.306 e. The molecule has 6 heteroatoms. The van der Waals surface area contributed by atoms with Gasteiger partial charge in [-0.15, -0.1) is 0 Å². The van der Waals surface area contributed by atoms with Crippen LogP contribution in [-0.4, -0.2) is 37.2 Å². The quantitative estimate of drug-likeness (QED) is 0.0262. The summed E-state index contributed by atoms with van der Waals surface area (Å²) in [7, 11) is 0. The van der Waals surface area contributed by atoms with Crippen LogP contribution >= 0.6 is 0 Å². The smallest absolute Gasteiger partial charge is 0.306 e. The van der Waals surface area contributed by atoms with Crippen LogP contribution in [0.15, 0.2) is 85.1 Å². The van der Waals surface area contributed by atoms with Crippen LogP contribution in [0.2, 0.25) is 0 Å². The number of esters is 3. The van der Waals surface area contributed by atoms with E-state index < -0.39 is 12.1 Å². The Balaban J connectivity index is 4.37. The summed E-state index contributed by atoms with van der Waals surface area (Å²) in [6.07, 6.45) is 70.2. The molecule has 0 bridgehead atoms. The molecule has 0 aromatic carbocycles. The molecule has 0 rings (SSSR count). The molecule has 1 atom stereocenters. The highest BCUT2D eigenvalue weighted by Crippen LogP contribution is 2.15. The number of rotatable bonds is 49. The van der Waals surface area contributed by atoms with Crippen molar-refractivity contribution in [3.8, 4) is 0 Å². The molecule has 0 aliphatic heterocycles. The first-order valence-corrected chi connectivity index (χ1v) is 27.6. The van der Waals surface area contributed by atoms with E-state index in [9.17, 15) is 14.4 Å². The van der Waals surface area contributed by atoms with Gasteiger partial charge in [-0.3, -0.25) is 14.4 Å². The van der Waals surface area contributed by atoms with Gasteiger partial charge in [-0.1, -0.05) is 241 Å². The van der Waals surface area contributed by atoms with Gasteiger partial charge in [0.25, 0.3) is 0 Å². The van der Waals surface area contributed by atoms with E-state index >= 15 is 0 Å². The normalized spacial score (nSPS) is 12.7. The Morgan fingerprint density at radius 1 is 0.318 bits per heavy atom. The number of carbonyl (C=O) groups is 3. The largest absolute Gasteiger partial charge is 0.462 e. The summed E-state index contributed by atoms with van der Waals surface area (Å²) in [6.45, 7) is 6.44. The van der Waals surface area contributed by atoms with Crippen molar-refractivity contribution >= 4 is 17.9 Å². The third-order valence-corrected chi connectivity index (χ3v) is 11.6. The van der Waals surface area contributed by atoms with Crippen molar-refractivity contribution in [2.45, 2.75) is 264 Å². The molecule has 0 radical (unpaired) electrons. The third kappa shape index (κ3) is 51.6. The minimum absolute atomic E-state index is 0.106. The van der Waals surface area contributed by atoms with Gasteiger partial charge in [-0.2, -0.15) is 0 Å². The van der Waals surface area contributed by atoms with Gasteiger partial charge < -0.3 is 14.2 Å². The molecule has 0 aliphatic rings. The van der Waals surface area contributed by atoms with Gasteiger partial charge in [-0.05, 0) is 83.5 Å². The molecular formula is C60H102O6. The number of allylic oxidation sites excluding steroid dienone is 14. The molecule has 0 N–H and O–H groups in total. The summed E-state index contributed by atoms with van der Waals surface area (Å²) >= 11 is 0. The molecule has 0 aliphatic carbocycles. The summed E-state index contributed by atoms with van der Waals surface area (Å²) in [6, 6.07) is 0. The molecule has 0 amide bonds. The summed E-state index contributed by atoms with van der Waals surface area (Å²) in [4.78, 5) is 38.0. The van der Waals surface area contributed by atoms with Crippen LogP contribution in [0.1, 0.15) is 258 Å². The van der Waals surface area contributed by atoms with Gasteiger partial charge >= 0.3 is 17.9 Å². The van der Waals surface area contributed by atoms with E-state index in [0.717, 1.165) is 83.5 Å². The van der Waals surface area contributed by atoms with Crippen LogP contribution in [0.25, 0.3) is 0 Å². The Labute approximate surface area is 407 Å². The lowest BCUT2D eigenvalue weighted by atomic mass is 10.0. The van der Waals surface area contributed by atoms with Crippen molar-refractivity contribution in [1.29, 1.82) is 0 Å². The van der Waals surface area contributed by atoms with Gasteiger partial charge in [-0.25, -0.2) is 0 Å². The van der Waals surface area contributed by atoms with E-state index in [0.29, 0.717) is 19.3 Å². The Morgan fingerprint density at radius 3 is 0.985 bits per heavy atom. The molecule has 0 spiro atoms. The maximum absolute atomic E-state index is 12.8. The van der Waals surface area contributed by atoms with Crippen LogP contribution in [0.4, 0.5) is 0 Å². The van der Waals surface area contributed by atoms with Crippen LogP contribution in [0.3, 0.4) is 0 Å². The van der Waals surface area contributed by atoms with Crippen LogP contribution in [-0.2, 0) is 28.6 Å². The summed E-state index contributed by atoms with van der Waals surface area (Å²) < 4.78 is 16.7. The number of hydrogen-bond donors (Lipinski definition) is 0. The first-order chi connectivity index (χ1) is 32.5. The molecule has 0 aromatic heterocycles. The Morgan fingerprint density at radius 2 is 0.621 bits per heavy atom. The molecule has 1 unspecified atom stereocenters. The zero-order valence-electron chi connectivity index (χ0n) is 43.2. The van der Waals surface area contributed by atoms with E-state index in [1.807, 2.05) is 12.2 Å². The molecule has 0 aromatic rings. The van der Waals surface area contributed by atoms with E-state index in [1.54, 1.807) is 0 Å². The average Bonchev–Trinajstić information content (AvgIpc) is 3.31. The zero-order chi connectivity index (χ0) is 47.9. The number of hydrogen-bond acceptors (Lipinski definition) is 6. The Kier molecular flexibility index (Phi) is 51.4. The number of unbranched alkanes of at least 4 members (excludes halogenated alkanes) is 24. The molecule has 0 saturated heterocycles. The Bertz CT molecular complexity index is 1290. The molecule has 0 heterocycles. The lowest BCUT2D eigenvalue weighted by molar-refractivity contribution is -0.166. The van der Waals surface area contributed by atoms with E-state index in [-0.39, 0.29) is 31.6 Å². The second-order valence-corrected chi connectivity index (χ2v) is 18.1. The minimum atomic E-state index is -0.816. The Hall–Kier alpha value is -3.41. The summed E-state index contributed by atoms with van der Waals surface area (Å²) in [5.41, 5.74) is 0. The van der Waals surface area contributed by atoms with Crippen LogP contribution in [0, 0.1) is 0 Å². The molecule has 66 heavy (non-hydrogen) atoms. The molecular weight excluding hydrogens is 817 g/mol. The predicted molar refractivity (Wildman–Crippen MR) is 284 cm³/mol. The predicted octanol–water partition coefficient (Wildman–Crippen LogP) is 18.4. The fourth-order valence-electron chi connectivity index (χ4n) is 7.52. The number of ether oxygens (including phenoxy) is 3. The van der Waals surface area contributed by atoms with Crippen LogP contribution < -0.4 is 0 Å². The zero-order valence-corrected chi connectivity index (χ0v) is 43.2.